The van der Waals surface area contributed by atoms with Gasteiger partial charge in [0.25, 0.3) is 10.0 Å². The van der Waals surface area contributed by atoms with Crippen molar-refractivity contribution in [3.63, 3.8) is 0 Å². The standard InChI is InChI=1S/C14H24N4O2S.ClH/c1-14(2)6-4-7-15-11(14)9-17-21(19,20)13-10-16-12-5-3-8-18(12)13;/h10-11,15,17H,3-9H2,1-2H3;1H. The lowest BCUT2D eigenvalue weighted by Gasteiger charge is -2.39. The van der Waals surface area contributed by atoms with Crippen LogP contribution in [0.4, 0.5) is 0 Å². The summed E-state index contributed by atoms with van der Waals surface area (Å²) in [6.45, 7) is 6.51. The predicted octanol–water partition coefficient (Wildman–Crippen LogP) is 1.31. The van der Waals surface area contributed by atoms with E-state index in [-0.39, 0.29) is 23.9 Å². The van der Waals surface area contributed by atoms with E-state index in [0.717, 1.165) is 44.6 Å². The molecule has 1 atom stereocenters. The molecule has 22 heavy (non-hydrogen) atoms. The number of aryl methyl sites for hydroxylation is 1. The van der Waals surface area contributed by atoms with Gasteiger partial charge in [0, 0.05) is 25.6 Å². The molecule has 0 radical (unpaired) electrons. The molecule has 2 aliphatic heterocycles. The zero-order chi connectivity index (χ0) is 15.1. The Morgan fingerprint density at radius 3 is 2.95 bits per heavy atom. The van der Waals surface area contributed by atoms with E-state index >= 15 is 0 Å². The fourth-order valence-electron chi connectivity index (χ4n) is 3.33. The Morgan fingerprint density at radius 1 is 1.45 bits per heavy atom. The predicted molar refractivity (Wildman–Crippen MR) is 87.8 cm³/mol. The number of piperidine rings is 1. The molecule has 126 valence electrons. The normalized spacial score (nSPS) is 23.8. The van der Waals surface area contributed by atoms with Crippen LogP contribution in [0.5, 0.6) is 0 Å². The maximum absolute atomic E-state index is 12.5. The van der Waals surface area contributed by atoms with E-state index < -0.39 is 10.0 Å². The van der Waals surface area contributed by atoms with Crippen LogP contribution in [-0.2, 0) is 23.0 Å². The first-order chi connectivity index (χ1) is 9.90. The summed E-state index contributed by atoms with van der Waals surface area (Å²) >= 11 is 0. The van der Waals surface area contributed by atoms with Crippen molar-refractivity contribution < 1.29 is 8.42 Å². The van der Waals surface area contributed by atoms with Gasteiger partial charge in [-0.05, 0) is 31.2 Å². The van der Waals surface area contributed by atoms with Crippen molar-refractivity contribution in [2.75, 3.05) is 13.1 Å². The van der Waals surface area contributed by atoms with Gasteiger partial charge in [0.1, 0.15) is 5.82 Å². The van der Waals surface area contributed by atoms with Gasteiger partial charge in [0.05, 0.1) is 6.20 Å². The molecule has 0 saturated carbocycles. The van der Waals surface area contributed by atoms with Gasteiger partial charge in [-0.2, -0.15) is 0 Å². The minimum atomic E-state index is -3.48. The Kier molecular flexibility index (Phi) is 5.21. The van der Waals surface area contributed by atoms with E-state index in [1.165, 1.54) is 6.20 Å². The Labute approximate surface area is 138 Å². The molecule has 0 aliphatic carbocycles. The zero-order valence-corrected chi connectivity index (χ0v) is 14.8. The summed E-state index contributed by atoms with van der Waals surface area (Å²) in [5.74, 6) is 0.881. The van der Waals surface area contributed by atoms with Crippen molar-refractivity contribution in [1.29, 1.82) is 0 Å². The third-order valence-corrected chi connectivity index (χ3v) is 6.19. The molecule has 3 heterocycles. The van der Waals surface area contributed by atoms with Gasteiger partial charge in [-0.15, -0.1) is 12.4 Å². The number of hydrogen-bond donors (Lipinski definition) is 2. The Hall–Kier alpha value is -0.630. The highest BCUT2D eigenvalue weighted by atomic mass is 35.5. The first-order valence-corrected chi connectivity index (χ1v) is 9.16. The minimum absolute atomic E-state index is 0. The van der Waals surface area contributed by atoms with Crippen molar-refractivity contribution in [2.24, 2.45) is 5.41 Å². The Balaban J connectivity index is 0.00000176. The molecule has 2 aliphatic rings. The van der Waals surface area contributed by atoms with E-state index in [4.69, 9.17) is 0 Å². The molecule has 1 fully saturated rings. The lowest BCUT2D eigenvalue weighted by atomic mass is 9.78. The molecule has 1 unspecified atom stereocenters. The van der Waals surface area contributed by atoms with Crippen LogP contribution in [0.15, 0.2) is 11.2 Å². The number of nitrogens with zero attached hydrogens (tertiary/aromatic N) is 2. The first-order valence-electron chi connectivity index (χ1n) is 7.68. The summed E-state index contributed by atoms with van der Waals surface area (Å²) in [6, 6.07) is 0.169. The fraction of sp³-hybridized carbons (Fsp3) is 0.786. The third-order valence-electron chi connectivity index (χ3n) is 4.77. The smallest absolute Gasteiger partial charge is 0.257 e. The van der Waals surface area contributed by atoms with Gasteiger partial charge in [0.15, 0.2) is 5.03 Å². The van der Waals surface area contributed by atoms with Crippen LogP contribution >= 0.6 is 12.4 Å². The molecule has 0 spiro atoms. The van der Waals surface area contributed by atoms with Crippen LogP contribution < -0.4 is 10.0 Å². The van der Waals surface area contributed by atoms with Crippen LogP contribution in [-0.4, -0.2) is 37.1 Å². The number of fused-ring (bicyclic) bond motifs is 1. The van der Waals surface area contributed by atoms with E-state index in [9.17, 15) is 8.42 Å². The molecule has 0 amide bonds. The van der Waals surface area contributed by atoms with Crippen molar-refractivity contribution in [2.45, 2.75) is 57.1 Å². The van der Waals surface area contributed by atoms with Crippen molar-refractivity contribution in [3.8, 4) is 0 Å². The van der Waals surface area contributed by atoms with Crippen molar-refractivity contribution in [1.82, 2.24) is 19.6 Å². The molecular formula is C14H25ClN4O2S. The number of sulfonamides is 1. The molecule has 0 aromatic carbocycles. The first kappa shape index (κ1) is 17.7. The SMILES string of the molecule is CC1(C)CCCNC1CNS(=O)(=O)c1cnc2n1CCC2.Cl. The molecule has 1 saturated heterocycles. The van der Waals surface area contributed by atoms with Crippen molar-refractivity contribution >= 4 is 22.4 Å². The van der Waals surface area contributed by atoms with E-state index in [1.807, 2.05) is 4.57 Å². The second-order valence-electron chi connectivity index (χ2n) is 6.72. The van der Waals surface area contributed by atoms with Crippen LogP contribution in [0.2, 0.25) is 0 Å². The highest BCUT2D eigenvalue weighted by Gasteiger charge is 2.33. The average Bonchev–Trinajstić information content (AvgIpc) is 2.98. The lowest BCUT2D eigenvalue weighted by Crippen LogP contribution is -2.52. The van der Waals surface area contributed by atoms with Crippen molar-refractivity contribution in [3.05, 3.63) is 12.0 Å². The van der Waals surface area contributed by atoms with Gasteiger partial charge < -0.3 is 9.88 Å². The molecule has 6 nitrogen and oxygen atoms in total. The minimum Gasteiger partial charge on any atom is -0.318 e. The summed E-state index contributed by atoms with van der Waals surface area (Å²) in [5.41, 5.74) is 0.111. The second-order valence-corrected chi connectivity index (χ2v) is 8.43. The van der Waals surface area contributed by atoms with E-state index in [1.54, 1.807) is 0 Å². The third kappa shape index (κ3) is 3.32. The maximum Gasteiger partial charge on any atom is 0.257 e. The summed E-state index contributed by atoms with van der Waals surface area (Å²) in [6.07, 6.45) is 5.59. The summed E-state index contributed by atoms with van der Waals surface area (Å²) in [7, 11) is -3.48. The number of imidazole rings is 1. The summed E-state index contributed by atoms with van der Waals surface area (Å²) in [5, 5.41) is 3.74. The molecule has 1 aromatic heterocycles. The largest absolute Gasteiger partial charge is 0.318 e. The lowest BCUT2D eigenvalue weighted by molar-refractivity contribution is 0.181. The Morgan fingerprint density at radius 2 is 2.23 bits per heavy atom. The number of halogens is 1. The zero-order valence-electron chi connectivity index (χ0n) is 13.1. The highest BCUT2D eigenvalue weighted by Crippen LogP contribution is 2.30. The molecule has 2 N–H and O–H groups in total. The summed E-state index contributed by atoms with van der Waals surface area (Å²) < 4.78 is 29.6. The topological polar surface area (TPSA) is 76.0 Å². The maximum atomic E-state index is 12.5. The Bertz CT molecular complexity index is 627. The van der Waals surface area contributed by atoms with Crippen LogP contribution in [0.25, 0.3) is 0 Å². The fourth-order valence-corrected chi connectivity index (χ4v) is 4.54. The quantitative estimate of drug-likeness (QED) is 0.860. The number of nitrogens with one attached hydrogen (secondary N) is 2. The highest BCUT2D eigenvalue weighted by molar-refractivity contribution is 7.89. The van der Waals surface area contributed by atoms with Crippen LogP contribution in [0.1, 0.15) is 38.9 Å². The molecule has 0 bridgehead atoms. The van der Waals surface area contributed by atoms with E-state index in [2.05, 4.69) is 28.9 Å². The van der Waals surface area contributed by atoms with Gasteiger partial charge >= 0.3 is 0 Å². The van der Waals surface area contributed by atoms with Gasteiger partial charge in [-0.3, -0.25) is 0 Å². The molecule has 8 heteroatoms. The number of rotatable bonds is 4. The molecular weight excluding hydrogens is 324 g/mol. The average molecular weight is 349 g/mol. The van der Waals surface area contributed by atoms with Gasteiger partial charge in [0.2, 0.25) is 0 Å². The van der Waals surface area contributed by atoms with Gasteiger partial charge in [-0.1, -0.05) is 13.8 Å². The van der Waals surface area contributed by atoms with Gasteiger partial charge in [-0.25, -0.2) is 18.1 Å². The molecule has 3 rings (SSSR count). The van der Waals surface area contributed by atoms with E-state index in [0.29, 0.717) is 11.6 Å². The number of aromatic nitrogens is 2. The van der Waals surface area contributed by atoms with Crippen LogP contribution in [0, 0.1) is 5.41 Å². The summed E-state index contributed by atoms with van der Waals surface area (Å²) in [4.78, 5) is 4.21. The molecule has 1 aromatic rings. The second kappa shape index (κ2) is 6.47. The number of hydrogen-bond acceptors (Lipinski definition) is 4. The monoisotopic (exact) mass is 348 g/mol. The van der Waals surface area contributed by atoms with Crippen LogP contribution in [0.3, 0.4) is 0 Å².